The highest BCUT2D eigenvalue weighted by atomic mass is 16.3. The van der Waals surface area contributed by atoms with Gasteiger partial charge in [0, 0.05) is 6.42 Å². The molecular weight excluding hydrogens is 530 g/mol. The summed E-state index contributed by atoms with van der Waals surface area (Å²) in [5.41, 5.74) is 0. The molecule has 0 aliphatic rings. The van der Waals surface area contributed by atoms with Crippen LogP contribution in [0.25, 0.3) is 0 Å². The van der Waals surface area contributed by atoms with Crippen molar-refractivity contribution in [2.24, 2.45) is 0 Å². The number of nitrogens with one attached hydrogen (secondary N) is 1. The zero-order valence-electron chi connectivity index (χ0n) is 29.2. The quantitative estimate of drug-likeness (QED) is 0.0496. The number of amides is 1. The summed E-state index contributed by atoms with van der Waals surface area (Å²) < 4.78 is 0. The largest absolute Gasteiger partial charge is 0.394 e. The van der Waals surface area contributed by atoms with Gasteiger partial charge in [-0.3, -0.25) is 4.79 Å². The fourth-order valence-electron chi connectivity index (χ4n) is 6.00. The number of unbranched alkanes of at least 4 members (excludes halogenated alkanes) is 28. The Kier molecular flexibility index (Phi) is 34.9. The van der Waals surface area contributed by atoms with E-state index >= 15 is 0 Å². The summed E-state index contributed by atoms with van der Waals surface area (Å²) in [7, 11) is 0. The maximum Gasteiger partial charge on any atom is 0.220 e. The second kappa shape index (κ2) is 35.6. The van der Waals surface area contributed by atoms with Crippen molar-refractivity contribution < 1.29 is 15.0 Å². The summed E-state index contributed by atoms with van der Waals surface area (Å²) in [6, 6.07) is -0.614. The van der Waals surface area contributed by atoms with E-state index in [1.54, 1.807) is 6.08 Å². The third-order valence-corrected chi connectivity index (χ3v) is 9.02. The monoisotopic (exact) mass is 608 g/mol. The first kappa shape index (κ1) is 42.1. The number of hydrogen-bond donors (Lipinski definition) is 3. The van der Waals surface area contributed by atoms with Crippen molar-refractivity contribution in [3.05, 3.63) is 12.2 Å². The first-order chi connectivity index (χ1) is 21.2. The number of hydrogen-bond acceptors (Lipinski definition) is 3. The fourth-order valence-corrected chi connectivity index (χ4v) is 6.00. The van der Waals surface area contributed by atoms with Crippen molar-refractivity contribution in [3.63, 3.8) is 0 Å². The predicted molar refractivity (Wildman–Crippen MR) is 189 cm³/mol. The molecule has 0 aromatic heterocycles. The van der Waals surface area contributed by atoms with Gasteiger partial charge in [0.15, 0.2) is 0 Å². The van der Waals surface area contributed by atoms with E-state index < -0.39 is 12.1 Å². The van der Waals surface area contributed by atoms with Gasteiger partial charge in [-0.05, 0) is 19.3 Å². The number of rotatable bonds is 35. The van der Waals surface area contributed by atoms with Crippen LogP contribution < -0.4 is 5.32 Å². The highest BCUT2D eigenvalue weighted by Crippen LogP contribution is 2.15. The van der Waals surface area contributed by atoms with Gasteiger partial charge in [-0.15, -0.1) is 0 Å². The van der Waals surface area contributed by atoms with Gasteiger partial charge < -0.3 is 15.5 Å². The molecule has 3 N–H and O–H groups in total. The number of aliphatic hydroxyl groups is 2. The van der Waals surface area contributed by atoms with Crippen molar-refractivity contribution in [3.8, 4) is 0 Å². The summed E-state index contributed by atoms with van der Waals surface area (Å²) in [6.45, 7) is 4.31. The standard InChI is InChI=1S/C39H77NO3/c1-3-5-7-9-11-13-15-17-18-19-20-21-22-23-25-27-29-31-33-35-39(43)40-37(36-41)38(42)34-32-30-28-26-24-16-14-12-10-8-6-4-2/h32,34,37-38,41-42H,3-31,33,35-36H2,1-2H3,(H,40,43)/b34-32+. The Bertz CT molecular complexity index is 579. The summed E-state index contributed by atoms with van der Waals surface area (Å²) in [5, 5.41) is 22.9. The van der Waals surface area contributed by atoms with Crippen LogP contribution in [0.4, 0.5) is 0 Å². The molecule has 1 amide bonds. The van der Waals surface area contributed by atoms with Gasteiger partial charge in [-0.25, -0.2) is 0 Å². The summed E-state index contributed by atoms with van der Waals surface area (Å²) >= 11 is 0. The third-order valence-electron chi connectivity index (χ3n) is 9.02. The Labute approximate surface area is 269 Å². The zero-order valence-corrected chi connectivity index (χ0v) is 29.2. The van der Waals surface area contributed by atoms with Crippen LogP contribution >= 0.6 is 0 Å². The van der Waals surface area contributed by atoms with E-state index in [9.17, 15) is 15.0 Å². The van der Waals surface area contributed by atoms with E-state index in [0.717, 1.165) is 25.7 Å². The van der Waals surface area contributed by atoms with Crippen LogP contribution in [0.5, 0.6) is 0 Å². The lowest BCUT2D eigenvalue weighted by molar-refractivity contribution is -0.123. The molecule has 0 fully saturated rings. The maximum absolute atomic E-state index is 12.3. The lowest BCUT2D eigenvalue weighted by atomic mass is 10.0. The zero-order chi connectivity index (χ0) is 31.5. The highest BCUT2D eigenvalue weighted by Gasteiger charge is 2.17. The van der Waals surface area contributed by atoms with Gasteiger partial charge in [-0.1, -0.05) is 199 Å². The molecule has 0 saturated heterocycles. The Morgan fingerprint density at radius 2 is 0.860 bits per heavy atom. The number of carbonyl (C=O) groups excluding carboxylic acids is 1. The smallest absolute Gasteiger partial charge is 0.220 e. The molecule has 0 bridgehead atoms. The average molecular weight is 608 g/mol. The van der Waals surface area contributed by atoms with Crippen molar-refractivity contribution >= 4 is 5.91 Å². The minimum Gasteiger partial charge on any atom is -0.394 e. The molecule has 0 rings (SSSR count). The van der Waals surface area contributed by atoms with Crippen molar-refractivity contribution in [1.29, 1.82) is 0 Å². The molecule has 0 aliphatic heterocycles. The Morgan fingerprint density at radius 3 is 1.21 bits per heavy atom. The topological polar surface area (TPSA) is 69.6 Å². The van der Waals surface area contributed by atoms with Crippen LogP contribution in [0.2, 0.25) is 0 Å². The molecule has 43 heavy (non-hydrogen) atoms. The molecular formula is C39H77NO3. The van der Waals surface area contributed by atoms with Crippen molar-refractivity contribution in [2.75, 3.05) is 6.61 Å². The molecule has 4 heteroatoms. The molecule has 0 aromatic rings. The van der Waals surface area contributed by atoms with Gasteiger partial charge in [0.05, 0.1) is 18.8 Å². The lowest BCUT2D eigenvalue weighted by Crippen LogP contribution is -2.45. The van der Waals surface area contributed by atoms with Gasteiger partial charge >= 0.3 is 0 Å². The van der Waals surface area contributed by atoms with Crippen LogP contribution in [0.1, 0.15) is 213 Å². The van der Waals surface area contributed by atoms with Crippen LogP contribution in [-0.4, -0.2) is 34.9 Å². The summed E-state index contributed by atoms with van der Waals surface area (Å²) in [5.74, 6) is -0.0619. The van der Waals surface area contributed by atoms with E-state index in [2.05, 4.69) is 19.2 Å². The van der Waals surface area contributed by atoms with Crippen molar-refractivity contribution in [1.82, 2.24) is 5.32 Å². The van der Waals surface area contributed by atoms with Crippen LogP contribution in [0.15, 0.2) is 12.2 Å². The van der Waals surface area contributed by atoms with Gasteiger partial charge in [0.1, 0.15) is 0 Å². The number of aliphatic hydroxyl groups excluding tert-OH is 2. The first-order valence-corrected chi connectivity index (χ1v) is 19.4. The molecule has 2 atom stereocenters. The molecule has 0 saturated carbocycles. The Hall–Kier alpha value is -0.870. The third kappa shape index (κ3) is 32.3. The molecule has 0 aliphatic carbocycles. The predicted octanol–water partition coefficient (Wildman–Crippen LogP) is 11.5. The fraction of sp³-hybridized carbons (Fsp3) is 0.923. The maximum atomic E-state index is 12.3. The van der Waals surface area contributed by atoms with Crippen molar-refractivity contribution in [2.45, 2.75) is 225 Å². The minimum atomic E-state index is -0.831. The minimum absolute atomic E-state index is 0.0619. The van der Waals surface area contributed by atoms with E-state index in [1.807, 2.05) is 6.08 Å². The van der Waals surface area contributed by atoms with Crippen LogP contribution in [-0.2, 0) is 4.79 Å². The lowest BCUT2D eigenvalue weighted by Gasteiger charge is -2.20. The SMILES string of the molecule is CCCCCCCCCCCC/C=C/C(O)C(CO)NC(=O)CCCCCCCCCCCCCCCCCCCCC. The molecule has 2 unspecified atom stereocenters. The normalized spacial score (nSPS) is 13.1. The van der Waals surface area contributed by atoms with Gasteiger partial charge in [0.25, 0.3) is 0 Å². The van der Waals surface area contributed by atoms with Crippen LogP contribution in [0, 0.1) is 0 Å². The second-order valence-electron chi connectivity index (χ2n) is 13.4. The average Bonchev–Trinajstić information content (AvgIpc) is 3.01. The molecule has 256 valence electrons. The molecule has 0 heterocycles. The first-order valence-electron chi connectivity index (χ1n) is 19.4. The van der Waals surface area contributed by atoms with E-state index in [-0.39, 0.29) is 12.5 Å². The molecule has 0 aromatic carbocycles. The number of allylic oxidation sites excluding steroid dienone is 1. The summed E-state index contributed by atoms with van der Waals surface area (Å²) in [4.78, 5) is 12.3. The molecule has 0 radical (unpaired) electrons. The highest BCUT2D eigenvalue weighted by molar-refractivity contribution is 5.76. The van der Waals surface area contributed by atoms with Gasteiger partial charge in [-0.2, -0.15) is 0 Å². The van der Waals surface area contributed by atoms with Gasteiger partial charge in [0.2, 0.25) is 5.91 Å². The van der Waals surface area contributed by atoms with E-state index in [1.165, 1.54) is 167 Å². The second-order valence-corrected chi connectivity index (χ2v) is 13.4. The molecule has 0 spiro atoms. The number of carbonyl (C=O) groups is 1. The Balaban J connectivity index is 3.54. The van der Waals surface area contributed by atoms with Crippen LogP contribution in [0.3, 0.4) is 0 Å². The molecule has 4 nitrogen and oxygen atoms in total. The summed E-state index contributed by atoms with van der Waals surface area (Å²) in [6.07, 6.45) is 43.0. The van der Waals surface area contributed by atoms with E-state index in [4.69, 9.17) is 0 Å². The van der Waals surface area contributed by atoms with E-state index in [0.29, 0.717) is 6.42 Å². The Morgan fingerprint density at radius 1 is 0.535 bits per heavy atom.